The van der Waals surface area contributed by atoms with Crippen LogP contribution in [-0.2, 0) is 17.8 Å². The standard InChI is InChI=1S/C15H17N3O2S/c19-15(11-3-4-11)17-7-5-12-10-21-14(18-12)9-20-13-2-1-6-16-8-13/h1-2,6,8,10-11H,3-5,7,9H2,(H,17,19). The maximum absolute atomic E-state index is 11.5. The summed E-state index contributed by atoms with van der Waals surface area (Å²) >= 11 is 1.58. The highest BCUT2D eigenvalue weighted by atomic mass is 32.1. The predicted octanol–water partition coefficient (Wildman–Crippen LogP) is 2.19. The first-order valence-corrected chi connectivity index (χ1v) is 7.93. The van der Waals surface area contributed by atoms with Gasteiger partial charge >= 0.3 is 0 Å². The zero-order valence-corrected chi connectivity index (χ0v) is 12.4. The summed E-state index contributed by atoms with van der Waals surface area (Å²) in [6, 6.07) is 3.71. The van der Waals surface area contributed by atoms with Crippen LogP contribution in [-0.4, -0.2) is 22.4 Å². The van der Waals surface area contributed by atoms with Crippen LogP contribution in [0.3, 0.4) is 0 Å². The maximum Gasteiger partial charge on any atom is 0.223 e. The lowest BCUT2D eigenvalue weighted by Gasteiger charge is -2.03. The second-order valence-electron chi connectivity index (χ2n) is 5.03. The fourth-order valence-corrected chi connectivity index (χ4v) is 2.65. The molecule has 2 heterocycles. The van der Waals surface area contributed by atoms with Gasteiger partial charge in [0.25, 0.3) is 0 Å². The summed E-state index contributed by atoms with van der Waals surface area (Å²) in [5, 5.41) is 5.90. The molecule has 1 saturated carbocycles. The van der Waals surface area contributed by atoms with E-state index in [2.05, 4.69) is 15.3 Å². The third kappa shape index (κ3) is 4.26. The van der Waals surface area contributed by atoms with Gasteiger partial charge in [0.05, 0.1) is 11.9 Å². The lowest BCUT2D eigenvalue weighted by Crippen LogP contribution is -2.26. The van der Waals surface area contributed by atoms with Crippen molar-refractivity contribution in [2.45, 2.75) is 25.9 Å². The van der Waals surface area contributed by atoms with Crippen molar-refractivity contribution in [2.75, 3.05) is 6.54 Å². The van der Waals surface area contributed by atoms with Gasteiger partial charge in [-0.15, -0.1) is 11.3 Å². The van der Waals surface area contributed by atoms with E-state index >= 15 is 0 Å². The summed E-state index contributed by atoms with van der Waals surface area (Å²) in [6.45, 7) is 1.10. The Kier molecular flexibility index (Phi) is 4.45. The van der Waals surface area contributed by atoms with Gasteiger partial charge in [-0.25, -0.2) is 4.98 Å². The highest BCUT2D eigenvalue weighted by Crippen LogP contribution is 2.28. The summed E-state index contributed by atoms with van der Waals surface area (Å²) in [6.07, 6.45) is 6.24. The third-order valence-electron chi connectivity index (χ3n) is 3.22. The van der Waals surface area contributed by atoms with Crippen LogP contribution in [0.5, 0.6) is 5.75 Å². The number of thiazole rings is 1. The van der Waals surface area contributed by atoms with E-state index < -0.39 is 0 Å². The SMILES string of the molecule is O=C(NCCc1csc(COc2cccnc2)n1)C1CC1. The molecule has 0 unspecified atom stereocenters. The number of hydrogen-bond donors (Lipinski definition) is 1. The molecule has 0 radical (unpaired) electrons. The Labute approximate surface area is 127 Å². The smallest absolute Gasteiger partial charge is 0.223 e. The van der Waals surface area contributed by atoms with Gasteiger partial charge in [-0.05, 0) is 25.0 Å². The molecule has 3 rings (SSSR count). The number of rotatable bonds is 7. The topological polar surface area (TPSA) is 64.1 Å². The van der Waals surface area contributed by atoms with Crippen molar-refractivity contribution in [1.29, 1.82) is 0 Å². The Bertz CT molecular complexity index is 596. The van der Waals surface area contributed by atoms with Gasteiger partial charge in [0, 0.05) is 30.5 Å². The number of nitrogens with one attached hydrogen (secondary N) is 1. The average molecular weight is 303 g/mol. The number of nitrogens with zero attached hydrogens (tertiary/aromatic N) is 2. The van der Waals surface area contributed by atoms with Gasteiger partial charge in [0.15, 0.2) is 0 Å². The van der Waals surface area contributed by atoms with Crippen LogP contribution in [0.2, 0.25) is 0 Å². The van der Waals surface area contributed by atoms with E-state index in [1.165, 1.54) is 0 Å². The Morgan fingerprint density at radius 3 is 3.14 bits per heavy atom. The minimum absolute atomic E-state index is 0.186. The van der Waals surface area contributed by atoms with Crippen LogP contribution in [0, 0.1) is 5.92 Å². The Morgan fingerprint density at radius 2 is 2.38 bits per heavy atom. The van der Waals surface area contributed by atoms with Crippen LogP contribution in [0.15, 0.2) is 29.9 Å². The van der Waals surface area contributed by atoms with E-state index in [4.69, 9.17) is 4.74 Å². The molecule has 0 aromatic carbocycles. The number of carbonyl (C=O) groups excluding carboxylic acids is 1. The number of carbonyl (C=O) groups is 1. The largest absolute Gasteiger partial charge is 0.485 e. The third-order valence-corrected chi connectivity index (χ3v) is 4.10. The first kappa shape index (κ1) is 14.0. The molecule has 1 fully saturated rings. The Morgan fingerprint density at radius 1 is 1.48 bits per heavy atom. The van der Waals surface area contributed by atoms with Gasteiger partial charge in [-0.3, -0.25) is 9.78 Å². The molecule has 0 spiro atoms. The molecule has 1 aliphatic rings. The molecule has 21 heavy (non-hydrogen) atoms. The lowest BCUT2D eigenvalue weighted by atomic mass is 10.3. The summed E-state index contributed by atoms with van der Waals surface area (Å²) in [7, 11) is 0. The summed E-state index contributed by atoms with van der Waals surface area (Å²) in [5.74, 6) is 1.19. The van der Waals surface area contributed by atoms with Crippen LogP contribution in [0.4, 0.5) is 0 Å². The van der Waals surface area contributed by atoms with Crippen molar-refractivity contribution in [3.05, 3.63) is 40.6 Å². The zero-order chi connectivity index (χ0) is 14.5. The summed E-state index contributed by atoms with van der Waals surface area (Å²) < 4.78 is 5.60. The molecule has 1 amide bonds. The predicted molar refractivity (Wildman–Crippen MR) is 80.1 cm³/mol. The van der Waals surface area contributed by atoms with Crippen LogP contribution in [0.1, 0.15) is 23.5 Å². The van der Waals surface area contributed by atoms with Crippen molar-refractivity contribution in [3.63, 3.8) is 0 Å². The van der Waals surface area contributed by atoms with Gasteiger partial charge in [-0.2, -0.15) is 0 Å². The van der Waals surface area contributed by atoms with E-state index in [9.17, 15) is 4.79 Å². The number of hydrogen-bond acceptors (Lipinski definition) is 5. The molecule has 0 aliphatic heterocycles. The highest BCUT2D eigenvalue weighted by Gasteiger charge is 2.29. The molecule has 5 nitrogen and oxygen atoms in total. The van der Waals surface area contributed by atoms with E-state index in [1.54, 1.807) is 23.7 Å². The molecule has 0 atom stereocenters. The van der Waals surface area contributed by atoms with E-state index in [0.29, 0.717) is 13.2 Å². The van der Waals surface area contributed by atoms with E-state index in [1.807, 2.05) is 17.5 Å². The fourth-order valence-electron chi connectivity index (χ4n) is 1.91. The van der Waals surface area contributed by atoms with Crippen LogP contribution < -0.4 is 10.1 Å². The molecular formula is C15H17N3O2S. The average Bonchev–Trinajstić information content (AvgIpc) is 3.27. The first-order valence-electron chi connectivity index (χ1n) is 7.05. The van der Waals surface area contributed by atoms with E-state index in [-0.39, 0.29) is 11.8 Å². The maximum atomic E-state index is 11.5. The molecule has 110 valence electrons. The van der Waals surface area contributed by atoms with Crippen molar-refractivity contribution in [1.82, 2.24) is 15.3 Å². The van der Waals surface area contributed by atoms with Crippen LogP contribution >= 0.6 is 11.3 Å². The number of ether oxygens (including phenoxy) is 1. The van der Waals surface area contributed by atoms with Crippen molar-refractivity contribution >= 4 is 17.2 Å². The van der Waals surface area contributed by atoms with Gasteiger partial charge in [0.2, 0.25) is 5.91 Å². The van der Waals surface area contributed by atoms with Crippen molar-refractivity contribution in [3.8, 4) is 5.75 Å². The van der Waals surface area contributed by atoms with Crippen molar-refractivity contribution < 1.29 is 9.53 Å². The second kappa shape index (κ2) is 6.67. The molecule has 0 saturated heterocycles. The van der Waals surface area contributed by atoms with Gasteiger partial charge in [0.1, 0.15) is 17.4 Å². The number of aromatic nitrogens is 2. The summed E-state index contributed by atoms with van der Waals surface area (Å²) in [4.78, 5) is 20.0. The zero-order valence-electron chi connectivity index (χ0n) is 11.6. The molecule has 6 heteroatoms. The molecule has 1 N–H and O–H groups in total. The monoisotopic (exact) mass is 303 g/mol. The molecular weight excluding hydrogens is 286 g/mol. The normalized spacial score (nSPS) is 13.9. The molecule has 2 aromatic heterocycles. The summed E-state index contributed by atoms with van der Waals surface area (Å²) in [5.41, 5.74) is 1.00. The second-order valence-corrected chi connectivity index (χ2v) is 5.97. The lowest BCUT2D eigenvalue weighted by molar-refractivity contribution is -0.122. The molecule has 1 aliphatic carbocycles. The number of amides is 1. The van der Waals surface area contributed by atoms with Gasteiger partial charge < -0.3 is 10.1 Å². The minimum Gasteiger partial charge on any atom is -0.485 e. The van der Waals surface area contributed by atoms with Crippen LogP contribution in [0.25, 0.3) is 0 Å². The number of pyridine rings is 1. The quantitative estimate of drug-likeness (QED) is 0.851. The molecule has 0 bridgehead atoms. The minimum atomic E-state index is 0.186. The Balaban J connectivity index is 1.41. The van der Waals surface area contributed by atoms with E-state index in [0.717, 1.165) is 35.7 Å². The van der Waals surface area contributed by atoms with Crippen molar-refractivity contribution in [2.24, 2.45) is 5.92 Å². The highest BCUT2D eigenvalue weighted by molar-refractivity contribution is 7.09. The molecule has 2 aromatic rings. The van der Waals surface area contributed by atoms with Gasteiger partial charge in [-0.1, -0.05) is 0 Å². The Hall–Kier alpha value is -1.95. The first-order chi connectivity index (χ1) is 10.3. The fraction of sp³-hybridized carbons (Fsp3) is 0.400.